The maximum atomic E-state index is 13.8. The molecule has 1 saturated heterocycles. The zero-order chi connectivity index (χ0) is 23.5. The Morgan fingerprint density at radius 1 is 0.714 bits per heavy atom. The van der Waals surface area contributed by atoms with Crippen LogP contribution in [0.25, 0.3) is 0 Å². The van der Waals surface area contributed by atoms with Gasteiger partial charge in [-0.2, -0.15) is 4.57 Å². The quantitative estimate of drug-likeness (QED) is 0.336. The van der Waals surface area contributed by atoms with E-state index in [1.807, 2.05) is 85.1 Å². The van der Waals surface area contributed by atoms with Crippen LogP contribution >= 0.6 is 0 Å². The first kappa shape index (κ1) is 20.2. The molecule has 170 valence electrons. The van der Waals surface area contributed by atoms with E-state index in [1.54, 1.807) is 0 Å². The second-order valence-electron chi connectivity index (χ2n) is 9.42. The summed E-state index contributed by atoms with van der Waals surface area (Å²) in [7, 11) is 0. The normalized spacial score (nSPS) is 23.6. The Kier molecular flexibility index (Phi) is 4.40. The van der Waals surface area contributed by atoms with Gasteiger partial charge in [0.15, 0.2) is 17.9 Å². The summed E-state index contributed by atoms with van der Waals surface area (Å²) in [6.07, 6.45) is 2.04. The van der Waals surface area contributed by atoms with Crippen LogP contribution in [-0.4, -0.2) is 11.8 Å². The van der Waals surface area contributed by atoms with Crippen LogP contribution in [0.4, 0.5) is 5.69 Å². The Bertz CT molecular complexity index is 1350. The van der Waals surface area contributed by atoms with Crippen LogP contribution < -0.4 is 14.2 Å². The number of anilines is 1. The molecule has 5 heteroatoms. The molecular weight excluding hydrogens is 436 g/mol. The Labute approximate surface area is 203 Å². The molecule has 4 aliphatic rings. The van der Waals surface area contributed by atoms with Gasteiger partial charge in [-0.3, -0.25) is 9.59 Å². The standard InChI is InChI=1S/C30H23N2O3/c33-29-26-25-22-10-4-5-11-23(22)28(31-17-7-6-12-24(25)31)27(26)30(34)32(29)20-13-15-21(16-14-20)35-18-19-8-2-1-3-9-19/h1-17,25-28H,18H2/q+1/t25-,26-,27-,28+/m1/s1. The van der Waals surface area contributed by atoms with Crippen molar-refractivity contribution in [3.05, 3.63) is 126 Å². The highest BCUT2D eigenvalue weighted by atomic mass is 16.5. The summed E-state index contributed by atoms with van der Waals surface area (Å²) in [4.78, 5) is 29.0. The van der Waals surface area contributed by atoms with Crippen LogP contribution in [0.1, 0.15) is 34.3 Å². The topological polar surface area (TPSA) is 50.5 Å². The third-order valence-electron chi connectivity index (χ3n) is 7.63. The predicted octanol–water partition coefficient (Wildman–Crippen LogP) is 4.41. The lowest BCUT2D eigenvalue weighted by Crippen LogP contribution is -2.59. The lowest BCUT2D eigenvalue weighted by molar-refractivity contribution is -0.736. The lowest BCUT2D eigenvalue weighted by Gasteiger charge is -2.40. The van der Waals surface area contributed by atoms with Crippen molar-refractivity contribution in [3.63, 3.8) is 0 Å². The van der Waals surface area contributed by atoms with E-state index in [0.717, 1.165) is 22.4 Å². The van der Waals surface area contributed by atoms with E-state index < -0.39 is 5.92 Å². The average molecular weight is 460 g/mol. The Balaban J connectivity index is 1.22. The first-order chi connectivity index (χ1) is 17.2. The average Bonchev–Trinajstić information content (AvgIpc) is 3.18. The molecular formula is C30H23N2O3+. The van der Waals surface area contributed by atoms with Gasteiger partial charge < -0.3 is 4.74 Å². The summed E-state index contributed by atoms with van der Waals surface area (Å²) in [6.45, 7) is 0.461. The largest absolute Gasteiger partial charge is 0.489 e. The van der Waals surface area contributed by atoms with Crippen molar-refractivity contribution in [3.8, 4) is 5.75 Å². The highest BCUT2D eigenvalue weighted by Crippen LogP contribution is 2.55. The zero-order valence-corrected chi connectivity index (χ0v) is 19.0. The number of aromatic nitrogens is 1. The van der Waals surface area contributed by atoms with Gasteiger partial charge in [-0.05, 0) is 35.4 Å². The highest BCUT2D eigenvalue weighted by molar-refractivity contribution is 6.23. The molecule has 8 rings (SSSR count). The molecule has 1 fully saturated rings. The van der Waals surface area contributed by atoms with E-state index in [9.17, 15) is 9.59 Å². The van der Waals surface area contributed by atoms with E-state index in [2.05, 4.69) is 22.8 Å². The van der Waals surface area contributed by atoms with Crippen molar-refractivity contribution >= 4 is 17.5 Å². The second-order valence-corrected chi connectivity index (χ2v) is 9.42. The molecule has 0 saturated carbocycles. The van der Waals surface area contributed by atoms with Gasteiger partial charge in [0.1, 0.15) is 18.3 Å². The Morgan fingerprint density at radius 3 is 2.20 bits per heavy atom. The van der Waals surface area contributed by atoms with Crippen molar-refractivity contribution in [2.24, 2.45) is 11.8 Å². The summed E-state index contributed by atoms with van der Waals surface area (Å²) in [6, 6.07) is 31.4. The van der Waals surface area contributed by atoms with Gasteiger partial charge in [-0.15, -0.1) is 0 Å². The van der Waals surface area contributed by atoms with Gasteiger partial charge in [-0.1, -0.05) is 60.7 Å². The fourth-order valence-electron chi connectivity index (χ4n) is 6.18. The van der Waals surface area contributed by atoms with Gasteiger partial charge in [0.25, 0.3) is 0 Å². The minimum atomic E-state index is -0.406. The highest BCUT2D eigenvalue weighted by Gasteiger charge is 2.66. The second kappa shape index (κ2) is 7.64. The monoisotopic (exact) mass is 459 g/mol. The molecule has 2 bridgehead atoms. The fraction of sp³-hybridized carbons (Fsp3) is 0.167. The van der Waals surface area contributed by atoms with Crippen molar-refractivity contribution in [1.82, 2.24) is 0 Å². The number of imide groups is 1. The fourth-order valence-corrected chi connectivity index (χ4v) is 6.18. The maximum absolute atomic E-state index is 13.8. The van der Waals surface area contributed by atoms with Crippen LogP contribution in [0.15, 0.2) is 103 Å². The molecule has 1 aliphatic carbocycles. The van der Waals surface area contributed by atoms with Crippen LogP contribution in [0.3, 0.4) is 0 Å². The molecule has 2 amide bonds. The molecule has 5 nitrogen and oxygen atoms in total. The summed E-state index contributed by atoms with van der Waals surface area (Å²) in [5.41, 5.74) is 5.09. The third kappa shape index (κ3) is 2.91. The van der Waals surface area contributed by atoms with Crippen molar-refractivity contribution in [2.75, 3.05) is 4.90 Å². The number of amides is 2. The SMILES string of the molecule is O=C1[C@@H]2[C@@H]3c4ccccc4[C@@H]([C@@H]2C(=O)N1c1ccc(OCc2ccccc2)cc1)[n+]1ccccc13. The number of carbonyl (C=O) groups is 2. The molecule has 0 N–H and O–H groups in total. The van der Waals surface area contributed by atoms with E-state index in [0.29, 0.717) is 18.0 Å². The molecule has 3 aromatic carbocycles. The van der Waals surface area contributed by atoms with Gasteiger partial charge in [0, 0.05) is 17.7 Å². The molecule has 3 aliphatic heterocycles. The van der Waals surface area contributed by atoms with E-state index in [1.165, 1.54) is 4.90 Å². The number of nitrogens with zero attached hydrogens (tertiary/aromatic N) is 2. The smallest absolute Gasteiger partial charge is 0.244 e. The molecule has 0 spiro atoms. The molecule has 4 atom stereocenters. The Hall–Kier alpha value is -4.25. The lowest BCUT2D eigenvalue weighted by atomic mass is 9.63. The molecule has 0 radical (unpaired) electrons. The minimum absolute atomic E-state index is 0.113. The maximum Gasteiger partial charge on any atom is 0.244 e. The number of carbonyl (C=O) groups excluding carboxylic acids is 2. The number of benzene rings is 3. The number of hydrogen-bond acceptors (Lipinski definition) is 3. The van der Waals surface area contributed by atoms with Crippen LogP contribution in [0.5, 0.6) is 5.75 Å². The number of hydrogen-bond donors (Lipinski definition) is 0. The summed E-state index contributed by atoms with van der Waals surface area (Å²) in [5, 5.41) is 0. The van der Waals surface area contributed by atoms with Crippen molar-refractivity contribution in [1.29, 1.82) is 0 Å². The first-order valence-corrected chi connectivity index (χ1v) is 12.0. The van der Waals surface area contributed by atoms with E-state index in [-0.39, 0.29) is 29.7 Å². The van der Waals surface area contributed by atoms with Gasteiger partial charge >= 0.3 is 0 Å². The molecule has 0 unspecified atom stereocenters. The summed E-state index contributed by atoms with van der Waals surface area (Å²) < 4.78 is 8.09. The van der Waals surface area contributed by atoms with Crippen molar-refractivity contribution in [2.45, 2.75) is 18.6 Å². The van der Waals surface area contributed by atoms with Gasteiger partial charge in [0.2, 0.25) is 11.8 Å². The number of rotatable bonds is 4. The summed E-state index contributed by atoms with van der Waals surface area (Å²) in [5.74, 6) is -0.459. The molecule has 35 heavy (non-hydrogen) atoms. The Morgan fingerprint density at radius 2 is 1.40 bits per heavy atom. The van der Waals surface area contributed by atoms with E-state index >= 15 is 0 Å². The summed E-state index contributed by atoms with van der Waals surface area (Å²) >= 11 is 0. The van der Waals surface area contributed by atoms with Gasteiger partial charge in [0.05, 0.1) is 17.5 Å². The molecule has 1 aromatic heterocycles. The third-order valence-corrected chi connectivity index (χ3v) is 7.63. The first-order valence-electron chi connectivity index (χ1n) is 12.0. The van der Waals surface area contributed by atoms with Crippen molar-refractivity contribution < 1.29 is 18.9 Å². The molecule has 4 aromatic rings. The van der Waals surface area contributed by atoms with Gasteiger partial charge in [-0.25, -0.2) is 4.90 Å². The van der Waals surface area contributed by atoms with Crippen LogP contribution in [0, 0.1) is 11.8 Å². The van der Waals surface area contributed by atoms with E-state index in [4.69, 9.17) is 4.74 Å². The molecule has 4 heterocycles. The minimum Gasteiger partial charge on any atom is -0.489 e. The van der Waals surface area contributed by atoms with Crippen LogP contribution in [-0.2, 0) is 16.2 Å². The predicted molar refractivity (Wildman–Crippen MR) is 130 cm³/mol. The van der Waals surface area contributed by atoms with Crippen LogP contribution in [0.2, 0.25) is 0 Å². The number of pyridine rings is 1. The number of ether oxygens (including phenoxy) is 1. The zero-order valence-electron chi connectivity index (χ0n) is 19.0.